The Bertz CT molecular complexity index is 837. The zero-order valence-corrected chi connectivity index (χ0v) is 15.0. The zero-order chi connectivity index (χ0) is 19.5. The highest BCUT2D eigenvalue weighted by atomic mass is 16.5. The molecule has 0 atom stereocenters. The van der Waals surface area contributed by atoms with Crippen molar-refractivity contribution in [3.8, 4) is 11.8 Å². The maximum Gasteiger partial charge on any atom is 0.349 e. The van der Waals surface area contributed by atoms with Crippen molar-refractivity contribution in [1.82, 2.24) is 5.32 Å². The van der Waals surface area contributed by atoms with E-state index in [0.29, 0.717) is 24.5 Å². The lowest BCUT2D eigenvalue weighted by Gasteiger charge is -2.06. The van der Waals surface area contributed by atoms with Crippen LogP contribution >= 0.6 is 0 Å². The van der Waals surface area contributed by atoms with Crippen LogP contribution < -0.4 is 10.1 Å². The molecule has 6 heteroatoms. The Morgan fingerprint density at radius 2 is 1.81 bits per heavy atom. The minimum absolute atomic E-state index is 0.185. The Kier molecular flexibility index (Phi) is 7.61. The number of rotatable bonds is 8. The van der Waals surface area contributed by atoms with Crippen LogP contribution in [-0.2, 0) is 20.9 Å². The molecule has 0 aromatic heterocycles. The molecule has 0 aliphatic heterocycles. The molecule has 1 N–H and O–H groups in total. The fraction of sp³-hybridized carbons (Fsp3) is 0.190. The summed E-state index contributed by atoms with van der Waals surface area (Å²) in [4.78, 5) is 23.8. The summed E-state index contributed by atoms with van der Waals surface area (Å²) in [5.41, 5.74) is 1.40. The van der Waals surface area contributed by atoms with Crippen LogP contribution in [0.4, 0.5) is 0 Å². The van der Waals surface area contributed by atoms with E-state index in [4.69, 9.17) is 14.7 Å². The molecule has 2 aromatic carbocycles. The Hall–Kier alpha value is -3.59. The van der Waals surface area contributed by atoms with Gasteiger partial charge in [0.1, 0.15) is 17.4 Å². The van der Waals surface area contributed by atoms with Crippen molar-refractivity contribution in [2.75, 3.05) is 13.2 Å². The molecule has 2 rings (SSSR count). The summed E-state index contributed by atoms with van der Waals surface area (Å²) in [5, 5.41) is 11.8. The number of amides is 1. The van der Waals surface area contributed by atoms with Crippen LogP contribution in [0, 0.1) is 11.3 Å². The summed E-state index contributed by atoms with van der Waals surface area (Å²) >= 11 is 0. The Labute approximate surface area is 158 Å². The van der Waals surface area contributed by atoms with Gasteiger partial charge in [0.05, 0.1) is 6.61 Å². The maximum atomic E-state index is 12.0. The fourth-order valence-corrected chi connectivity index (χ4v) is 2.19. The summed E-state index contributed by atoms with van der Waals surface area (Å²) < 4.78 is 10.3. The van der Waals surface area contributed by atoms with E-state index in [-0.39, 0.29) is 5.57 Å². The van der Waals surface area contributed by atoms with Crippen molar-refractivity contribution in [2.24, 2.45) is 0 Å². The van der Waals surface area contributed by atoms with Gasteiger partial charge in [-0.2, -0.15) is 5.26 Å². The predicted molar refractivity (Wildman–Crippen MR) is 100 cm³/mol. The van der Waals surface area contributed by atoms with Crippen LogP contribution in [0.15, 0.2) is 60.2 Å². The predicted octanol–water partition coefficient (Wildman–Crippen LogP) is 2.85. The summed E-state index contributed by atoms with van der Waals surface area (Å²) in [5.74, 6) is -0.586. The fourth-order valence-electron chi connectivity index (χ4n) is 2.19. The first kappa shape index (κ1) is 19.7. The van der Waals surface area contributed by atoms with Crippen molar-refractivity contribution in [3.05, 3.63) is 71.3 Å². The first-order chi connectivity index (χ1) is 13.1. The molecule has 0 heterocycles. The third kappa shape index (κ3) is 6.67. The van der Waals surface area contributed by atoms with Gasteiger partial charge in [0.25, 0.3) is 5.91 Å². The van der Waals surface area contributed by atoms with E-state index in [2.05, 4.69) is 5.32 Å². The Morgan fingerprint density at radius 1 is 1.11 bits per heavy atom. The average Bonchev–Trinajstić information content (AvgIpc) is 2.71. The van der Waals surface area contributed by atoms with Crippen LogP contribution in [0.3, 0.4) is 0 Å². The summed E-state index contributed by atoms with van der Waals surface area (Å²) in [6.45, 7) is 2.32. The summed E-state index contributed by atoms with van der Waals surface area (Å²) in [6.07, 6.45) is 1.40. The Morgan fingerprint density at radius 3 is 2.44 bits per heavy atom. The molecule has 138 valence electrons. The normalized spacial score (nSPS) is 10.6. The molecule has 2 aromatic rings. The minimum atomic E-state index is -0.846. The lowest BCUT2D eigenvalue weighted by Crippen LogP contribution is -2.28. The van der Waals surface area contributed by atoms with Gasteiger partial charge in [0.2, 0.25) is 0 Å². The highest BCUT2D eigenvalue weighted by molar-refractivity contribution is 5.98. The number of benzene rings is 2. The molecule has 0 aliphatic carbocycles. The molecule has 0 spiro atoms. The standard InChI is InChI=1S/C21H20N2O4/c1-2-26-19-10-8-16(9-11-19)12-18(13-22)21(25)27-15-20(24)23-14-17-6-4-3-5-7-17/h3-12H,2,14-15H2,1H3,(H,23,24)/b18-12+. The van der Waals surface area contributed by atoms with Crippen molar-refractivity contribution >= 4 is 18.0 Å². The smallest absolute Gasteiger partial charge is 0.349 e. The second-order valence-electron chi connectivity index (χ2n) is 5.51. The monoisotopic (exact) mass is 364 g/mol. The molecule has 0 unspecified atom stereocenters. The highest BCUT2D eigenvalue weighted by Gasteiger charge is 2.13. The van der Waals surface area contributed by atoms with Crippen LogP contribution in [-0.4, -0.2) is 25.1 Å². The van der Waals surface area contributed by atoms with Gasteiger partial charge in [-0.15, -0.1) is 0 Å². The summed E-state index contributed by atoms with van der Waals surface area (Å²) in [7, 11) is 0. The van der Waals surface area contributed by atoms with Crippen molar-refractivity contribution < 1.29 is 19.1 Å². The number of nitriles is 1. The third-order valence-corrected chi connectivity index (χ3v) is 3.51. The SMILES string of the molecule is CCOc1ccc(/C=C(\C#N)C(=O)OCC(=O)NCc2ccccc2)cc1. The van der Waals surface area contributed by atoms with E-state index >= 15 is 0 Å². The molecule has 0 radical (unpaired) electrons. The van der Waals surface area contributed by atoms with Gasteiger partial charge in [0.15, 0.2) is 6.61 Å². The van der Waals surface area contributed by atoms with Gasteiger partial charge >= 0.3 is 5.97 Å². The molecule has 0 saturated carbocycles. The lowest BCUT2D eigenvalue weighted by atomic mass is 10.1. The van der Waals surface area contributed by atoms with Gasteiger partial charge in [-0.3, -0.25) is 4.79 Å². The number of esters is 1. The van der Waals surface area contributed by atoms with E-state index in [1.807, 2.05) is 37.3 Å². The minimum Gasteiger partial charge on any atom is -0.494 e. The van der Waals surface area contributed by atoms with Crippen LogP contribution in [0.1, 0.15) is 18.1 Å². The topological polar surface area (TPSA) is 88.4 Å². The van der Waals surface area contributed by atoms with Gasteiger partial charge in [0, 0.05) is 6.54 Å². The van der Waals surface area contributed by atoms with Gasteiger partial charge in [-0.25, -0.2) is 4.79 Å². The van der Waals surface area contributed by atoms with Gasteiger partial charge in [-0.05, 0) is 36.3 Å². The van der Waals surface area contributed by atoms with E-state index < -0.39 is 18.5 Å². The van der Waals surface area contributed by atoms with Gasteiger partial charge < -0.3 is 14.8 Å². The second kappa shape index (κ2) is 10.4. The molecule has 1 amide bonds. The molecule has 27 heavy (non-hydrogen) atoms. The number of carbonyl (C=O) groups excluding carboxylic acids is 2. The van der Waals surface area contributed by atoms with Crippen LogP contribution in [0.25, 0.3) is 6.08 Å². The number of hydrogen-bond acceptors (Lipinski definition) is 5. The van der Waals surface area contributed by atoms with Crippen LogP contribution in [0.5, 0.6) is 5.75 Å². The van der Waals surface area contributed by atoms with Crippen molar-refractivity contribution in [2.45, 2.75) is 13.5 Å². The molecule has 0 saturated heterocycles. The number of carbonyl (C=O) groups is 2. The lowest BCUT2D eigenvalue weighted by molar-refractivity contribution is -0.144. The van der Waals surface area contributed by atoms with E-state index in [1.165, 1.54) is 6.08 Å². The van der Waals surface area contributed by atoms with Crippen LogP contribution in [0.2, 0.25) is 0 Å². The molecular formula is C21H20N2O4. The van der Waals surface area contributed by atoms with Crippen molar-refractivity contribution in [1.29, 1.82) is 5.26 Å². The van der Waals surface area contributed by atoms with Gasteiger partial charge in [-0.1, -0.05) is 42.5 Å². The third-order valence-electron chi connectivity index (χ3n) is 3.51. The van der Waals surface area contributed by atoms with E-state index in [0.717, 1.165) is 5.56 Å². The second-order valence-corrected chi connectivity index (χ2v) is 5.51. The van der Waals surface area contributed by atoms with Crippen molar-refractivity contribution in [3.63, 3.8) is 0 Å². The first-order valence-electron chi connectivity index (χ1n) is 8.44. The number of nitrogens with one attached hydrogen (secondary N) is 1. The Balaban J connectivity index is 1.86. The number of hydrogen-bond donors (Lipinski definition) is 1. The molecule has 0 fully saturated rings. The number of ether oxygens (including phenoxy) is 2. The molecule has 6 nitrogen and oxygen atoms in total. The van der Waals surface area contributed by atoms with E-state index in [1.54, 1.807) is 30.3 Å². The average molecular weight is 364 g/mol. The first-order valence-corrected chi connectivity index (χ1v) is 8.44. The maximum absolute atomic E-state index is 12.0. The largest absolute Gasteiger partial charge is 0.494 e. The molecular weight excluding hydrogens is 344 g/mol. The van der Waals surface area contributed by atoms with E-state index in [9.17, 15) is 9.59 Å². The number of nitrogens with zero attached hydrogens (tertiary/aromatic N) is 1. The summed E-state index contributed by atoms with van der Waals surface area (Å²) in [6, 6.07) is 18.1. The molecule has 0 bridgehead atoms. The quantitative estimate of drug-likeness (QED) is 0.442. The zero-order valence-electron chi connectivity index (χ0n) is 15.0. The highest BCUT2D eigenvalue weighted by Crippen LogP contribution is 2.15. The molecule has 0 aliphatic rings.